The van der Waals surface area contributed by atoms with Gasteiger partial charge in [-0.1, -0.05) is 0 Å². The van der Waals surface area contributed by atoms with Gasteiger partial charge in [0.1, 0.15) is 14.1 Å². The van der Waals surface area contributed by atoms with Crippen molar-refractivity contribution in [3.63, 3.8) is 0 Å². The molecule has 0 saturated carbocycles. The van der Waals surface area contributed by atoms with Crippen LogP contribution in [0.5, 0.6) is 0 Å². The van der Waals surface area contributed by atoms with Crippen LogP contribution in [0.25, 0.3) is 0 Å². The minimum absolute atomic E-state index is 0.0315. The molecule has 1 aromatic heterocycles. The smallest absolute Gasteiger partial charge is 0.256 e. The van der Waals surface area contributed by atoms with Crippen LogP contribution in [0.15, 0.2) is 14.1 Å². The molecule has 0 N–H and O–H groups in total. The maximum absolute atomic E-state index is 11.1. The van der Waals surface area contributed by atoms with Gasteiger partial charge in [0.25, 0.3) is 9.05 Å². The summed E-state index contributed by atoms with van der Waals surface area (Å²) in [5.41, 5.74) is 0. The quantitative estimate of drug-likeness (QED) is 0.768. The number of nitrogens with zero attached hydrogens (tertiary/aromatic N) is 2. The second-order valence-corrected chi connectivity index (χ2v) is 6.17. The molecule has 0 radical (unpaired) electrons. The number of hydrogen-bond donors (Lipinski definition) is 0. The molecule has 0 amide bonds. The lowest BCUT2D eigenvalue weighted by Crippen LogP contribution is -1.97. The van der Waals surface area contributed by atoms with Gasteiger partial charge < -0.3 is 0 Å². The maximum atomic E-state index is 11.1. The molecule has 0 unspecified atom stereocenters. The standard InChI is InChI=1S/C5H5Br2ClN2O2S/c1-2-10-5(7)3(4(6)9-10)13(8,11)12/h2H2,1H3. The van der Waals surface area contributed by atoms with E-state index in [9.17, 15) is 8.42 Å². The van der Waals surface area contributed by atoms with E-state index in [-0.39, 0.29) is 9.50 Å². The van der Waals surface area contributed by atoms with E-state index < -0.39 is 9.05 Å². The summed E-state index contributed by atoms with van der Waals surface area (Å²) < 4.78 is 24.2. The Bertz CT molecular complexity index is 428. The molecule has 8 heteroatoms. The van der Waals surface area contributed by atoms with Crippen molar-refractivity contribution in [3.05, 3.63) is 9.21 Å². The van der Waals surface area contributed by atoms with Crippen LogP contribution in [0.1, 0.15) is 6.92 Å². The molecule has 1 heterocycles. The van der Waals surface area contributed by atoms with Crippen LogP contribution in [0.2, 0.25) is 0 Å². The zero-order valence-corrected chi connectivity index (χ0v) is 11.2. The summed E-state index contributed by atoms with van der Waals surface area (Å²) in [5, 5.41) is 3.92. The third-order valence-corrected chi connectivity index (χ3v) is 4.58. The van der Waals surface area contributed by atoms with Gasteiger partial charge in [-0.15, -0.1) is 0 Å². The molecule has 0 bridgehead atoms. The molecule has 0 atom stereocenters. The first-order valence-electron chi connectivity index (χ1n) is 3.24. The Balaban J connectivity index is 3.47. The first kappa shape index (κ1) is 11.5. The summed E-state index contributed by atoms with van der Waals surface area (Å²) in [5.74, 6) is 0. The lowest BCUT2D eigenvalue weighted by molar-refractivity contribution is 0.607. The Labute approximate surface area is 96.9 Å². The van der Waals surface area contributed by atoms with Crippen molar-refractivity contribution < 1.29 is 8.42 Å². The Morgan fingerprint density at radius 1 is 1.54 bits per heavy atom. The first-order chi connectivity index (χ1) is 5.88. The van der Waals surface area contributed by atoms with Crippen LogP contribution in [-0.2, 0) is 15.6 Å². The van der Waals surface area contributed by atoms with Gasteiger partial charge in [-0.25, -0.2) is 8.42 Å². The normalized spacial score (nSPS) is 12.0. The average Bonchev–Trinajstić information content (AvgIpc) is 2.24. The van der Waals surface area contributed by atoms with Crippen molar-refractivity contribution in [1.82, 2.24) is 9.78 Å². The number of halogens is 3. The van der Waals surface area contributed by atoms with Gasteiger partial charge in [-0.2, -0.15) is 5.10 Å². The summed E-state index contributed by atoms with van der Waals surface area (Å²) in [6, 6.07) is 0. The topological polar surface area (TPSA) is 52.0 Å². The molecular formula is C5H5Br2ClN2O2S. The third-order valence-electron chi connectivity index (χ3n) is 1.35. The molecule has 0 fully saturated rings. The first-order valence-corrected chi connectivity index (χ1v) is 7.14. The van der Waals surface area contributed by atoms with Gasteiger partial charge in [0, 0.05) is 17.2 Å². The molecule has 0 spiro atoms. The van der Waals surface area contributed by atoms with Crippen molar-refractivity contribution >= 4 is 51.6 Å². The molecule has 74 valence electrons. The van der Waals surface area contributed by atoms with E-state index in [1.54, 1.807) is 0 Å². The number of aryl methyl sites for hydroxylation is 1. The van der Waals surface area contributed by atoms with Crippen molar-refractivity contribution in [3.8, 4) is 0 Å². The zero-order valence-electron chi connectivity index (χ0n) is 6.46. The van der Waals surface area contributed by atoms with E-state index in [1.807, 2.05) is 6.92 Å². The number of rotatable bonds is 2. The molecule has 0 aliphatic rings. The second-order valence-electron chi connectivity index (χ2n) is 2.16. The Morgan fingerprint density at radius 3 is 2.31 bits per heavy atom. The van der Waals surface area contributed by atoms with Gasteiger partial charge >= 0.3 is 0 Å². The molecule has 0 aliphatic heterocycles. The van der Waals surface area contributed by atoms with Crippen molar-refractivity contribution in [1.29, 1.82) is 0 Å². The maximum Gasteiger partial charge on any atom is 0.266 e. The van der Waals surface area contributed by atoms with Gasteiger partial charge in [0.15, 0.2) is 0 Å². The van der Waals surface area contributed by atoms with Crippen LogP contribution < -0.4 is 0 Å². The van der Waals surface area contributed by atoms with Crippen molar-refractivity contribution in [2.45, 2.75) is 18.4 Å². The molecule has 0 saturated heterocycles. The van der Waals surface area contributed by atoms with Gasteiger partial charge in [0.05, 0.1) is 0 Å². The second kappa shape index (κ2) is 3.88. The van der Waals surface area contributed by atoms with E-state index in [0.29, 0.717) is 11.1 Å². The molecule has 1 aromatic rings. The fourth-order valence-corrected chi connectivity index (χ4v) is 4.80. The summed E-state index contributed by atoms with van der Waals surface area (Å²) in [6.07, 6.45) is 0. The lowest BCUT2D eigenvalue weighted by Gasteiger charge is -1.96. The minimum Gasteiger partial charge on any atom is -0.256 e. The van der Waals surface area contributed by atoms with Crippen molar-refractivity contribution in [2.75, 3.05) is 0 Å². The SMILES string of the molecule is CCn1nc(Br)c(S(=O)(=O)Cl)c1Br. The Hall–Kier alpha value is 0.410. The molecular weight excluding hydrogens is 347 g/mol. The van der Waals surface area contributed by atoms with E-state index in [4.69, 9.17) is 10.7 Å². The van der Waals surface area contributed by atoms with E-state index >= 15 is 0 Å². The zero-order chi connectivity index (χ0) is 10.2. The van der Waals surface area contributed by atoms with E-state index in [1.165, 1.54) is 4.68 Å². The molecule has 1 rings (SSSR count). The summed E-state index contributed by atoms with van der Waals surface area (Å²) in [6.45, 7) is 2.40. The van der Waals surface area contributed by atoms with Crippen LogP contribution in [-0.4, -0.2) is 18.2 Å². The monoisotopic (exact) mass is 350 g/mol. The summed E-state index contributed by atoms with van der Waals surface area (Å²) in [4.78, 5) is -0.0315. The van der Waals surface area contributed by atoms with E-state index in [2.05, 4.69) is 37.0 Å². The Kier molecular flexibility index (Phi) is 3.43. The predicted molar refractivity (Wildman–Crippen MR) is 56.3 cm³/mol. The highest BCUT2D eigenvalue weighted by Gasteiger charge is 2.24. The fraction of sp³-hybridized carbons (Fsp3) is 0.400. The molecule has 4 nitrogen and oxygen atoms in total. The van der Waals surface area contributed by atoms with Gasteiger partial charge in [-0.3, -0.25) is 4.68 Å². The highest BCUT2D eigenvalue weighted by Crippen LogP contribution is 2.31. The lowest BCUT2D eigenvalue weighted by atomic mass is 10.7. The number of aromatic nitrogens is 2. The largest absolute Gasteiger partial charge is 0.266 e. The number of hydrogen-bond acceptors (Lipinski definition) is 3. The molecule has 0 aromatic carbocycles. The van der Waals surface area contributed by atoms with E-state index in [0.717, 1.165) is 0 Å². The van der Waals surface area contributed by atoms with Crippen LogP contribution in [0.3, 0.4) is 0 Å². The van der Waals surface area contributed by atoms with Crippen molar-refractivity contribution in [2.24, 2.45) is 0 Å². The predicted octanol–water partition coefficient (Wildman–Crippen LogP) is 2.36. The van der Waals surface area contributed by atoms with Gasteiger partial charge in [-0.05, 0) is 38.8 Å². The average molecular weight is 352 g/mol. The Morgan fingerprint density at radius 2 is 2.08 bits per heavy atom. The summed E-state index contributed by atoms with van der Waals surface area (Å²) >= 11 is 6.12. The van der Waals surface area contributed by atoms with Crippen LogP contribution in [0.4, 0.5) is 0 Å². The molecule has 0 aliphatic carbocycles. The minimum atomic E-state index is -3.76. The third kappa shape index (κ3) is 2.26. The van der Waals surface area contributed by atoms with Crippen LogP contribution >= 0.6 is 42.5 Å². The summed E-state index contributed by atoms with van der Waals surface area (Å²) in [7, 11) is 1.44. The highest BCUT2D eigenvalue weighted by molar-refractivity contribution is 9.11. The van der Waals surface area contributed by atoms with Crippen LogP contribution in [0, 0.1) is 0 Å². The fourth-order valence-electron chi connectivity index (χ4n) is 0.808. The van der Waals surface area contributed by atoms with Gasteiger partial charge in [0.2, 0.25) is 0 Å². The highest BCUT2D eigenvalue weighted by atomic mass is 79.9. The molecule has 13 heavy (non-hydrogen) atoms.